The fourth-order valence-corrected chi connectivity index (χ4v) is 1.34. The Labute approximate surface area is 76.7 Å². The van der Waals surface area contributed by atoms with Gasteiger partial charge in [-0.3, -0.25) is 0 Å². The Hall–Kier alpha value is -1.09. The molecule has 13 heavy (non-hydrogen) atoms. The van der Waals surface area contributed by atoms with Crippen molar-refractivity contribution in [3.63, 3.8) is 0 Å². The van der Waals surface area contributed by atoms with Crippen LogP contribution in [-0.2, 0) is 0 Å². The number of ether oxygens (including phenoxy) is 1. The molecule has 1 aromatic rings. The van der Waals surface area contributed by atoms with Crippen LogP contribution in [0, 0.1) is 5.82 Å². The van der Waals surface area contributed by atoms with Gasteiger partial charge in [-0.15, -0.1) is 0 Å². The first-order valence-electron chi connectivity index (χ1n) is 4.34. The van der Waals surface area contributed by atoms with Gasteiger partial charge >= 0.3 is 0 Å². The Bertz CT molecular complexity index is 310. The second-order valence-corrected chi connectivity index (χ2v) is 3.59. The Morgan fingerprint density at radius 3 is 2.62 bits per heavy atom. The van der Waals surface area contributed by atoms with Crippen LogP contribution in [-0.4, -0.2) is 18.7 Å². The van der Waals surface area contributed by atoms with Crippen molar-refractivity contribution >= 4 is 0 Å². The number of para-hydroxylation sites is 1. The van der Waals surface area contributed by atoms with Gasteiger partial charge in [-0.25, -0.2) is 4.39 Å². The van der Waals surface area contributed by atoms with Gasteiger partial charge in [-0.2, -0.15) is 0 Å². The van der Waals surface area contributed by atoms with Crippen molar-refractivity contribution in [2.24, 2.45) is 0 Å². The summed E-state index contributed by atoms with van der Waals surface area (Å²) in [5, 5.41) is 3.09. The van der Waals surface area contributed by atoms with Gasteiger partial charge in [0.2, 0.25) is 0 Å². The Morgan fingerprint density at radius 1 is 1.38 bits per heavy atom. The maximum Gasteiger partial charge on any atom is 0.165 e. The van der Waals surface area contributed by atoms with Crippen molar-refractivity contribution in [1.29, 1.82) is 0 Å². The molecule has 0 amide bonds. The summed E-state index contributed by atoms with van der Waals surface area (Å²) < 4.78 is 18.7. The van der Waals surface area contributed by atoms with Gasteiger partial charge in [0.25, 0.3) is 0 Å². The minimum atomic E-state index is -0.296. The second-order valence-electron chi connectivity index (χ2n) is 3.59. The SMILES string of the molecule is CC1(Oc2ccccc2F)CNC1. The summed E-state index contributed by atoms with van der Waals surface area (Å²) in [6.07, 6.45) is 0. The third-order valence-corrected chi connectivity index (χ3v) is 2.19. The molecule has 1 aliphatic rings. The molecule has 2 rings (SSSR count). The molecule has 1 N–H and O–H groups in total. The summed E-state index contributed by atoms with van der Waals surface area (Å²) in [4.78, 5) is 0. The van der Waals surface area contributed by atoms with Crippen molar-refractivity contribution in [3.8, 4) is 5.75 Å². The van der Waals surface area contributed by atoms with Crippen LogP contribution < -0.4 is 10.1 Å². The highest BCUT2D eigenvalue weighted by atomic mass is 19.1. The zero-order chi connectivity index (χ0) is 9.31. The van der Waals surface area contributed by atoms with Crippen LogP contribution in [0.3, 0.4) is 0 Å². The summed E-state index contributed by atoms with van der Waals surface area (Å²) in [5.41, 5.74) is -0.234. The lowest BCUT2D eigenvalue weighted by Gasteiger charge is -2.39. The third kappa shape index (κ3) is 1.65. The highest BCUT2D eigenvalue weighted by Crippen LogP contribution is 2.23. The predicted octanol–water partition coefficient (Wildman–Crippen LogP) is 1.57. The summed E-state index contributed by atoms with van der Waals surface area (Å²) >= 11 is 0. The van der Waals surface area contributed by atoms with Gasteiger partial charge in [-0.1, -0.05) is 12.1 Å². The summed E-state index contributed by atoms with van der Waals surface area (Å²) in [6.45, 7) is 3.53. The molecule has 0 aliphatic carbocycles. The Morgan fingerprint density at radius 2 is 2.08 bits per heavy atom. The lowest BCUT2D eigenvalue weighted by Crippen LogP contribution is -2.61. The number of rotatable bonds is 2. The molecule has 0 spiro atoms. The number of nitrogens with one attached hydrogen (secondary N) is 1. The van der Waals surface area contributed by atoms with Crippen LogP contribution in [0.15, 0.2) is 24.3 Å². The summed E-state index contributed by atoms with van der Waals surface area (Å²) in [6, 6.07) is 6.49. The molecule has 0 aromatic heterocycles. The highest BCUT2D eigenvalue weighted by molar-refractivity contribution is 5.25. The van der Waals surface area contributed by atoms with Crippen molar-refractivity contribution < 1.29 is 9.13 Å². The van der Waals surface area contributed by atoms with Crippen LogP contribution in [0.1, 0.15) is 6.92 Å². The first-order chi connectivity index (χ1) is 6.20. The monoisotopic (exact) mass is 181 g/mol. The molecule has 0 saturated carbocycles. The molecule has 1 aromatic carbocycles. The standard InChI is InChI=1S/C10H12FNO/c1-10(6-12-7-10)13-9-5-3-2-4-8(9)11/h2-5,12H,6-7H2,1H3. The van der Waals surface area contributed by atoms with Gasteiger partial charge in [0.1, 0.15) is 5.60 Å². The van der Waals surface area contributed by atoms with E-state index in [2.05, 4.69) is 5.32 Å². The molecular weight excluding hydrogens is 169 g/mol. The maximum absolute atomic E-state index is 13.1. The second kappa shape index (κ2) is 3.00. The predicted molar refractivity (Wildman–Crippen MR) is 48.3 cm³/mol. The van der Waals surface area contributed by atoms with Gasteiger partial charge in [0, 0.05) is 13.1 Å². The van der Waals surface area contributed by atoms with Gasteiger partial charge in [-0.05, 0) is 19.1 Å². The van der Waals surface area contributed by atoms with Crippen LogP contribution in [0.5, 0.6) is 5.75 Å². The largest absolute Gasteiger partial charge is 0.482 e. The molecular formula is C10H12FNO. The molecule has 1 fully saturated rings. The molecule has 0 radical (unpaired) electrons. The quantitative estimate of drug-likeness (QED) is 0.747. The number of benzene rings is 1. The minimum Gasteiger partial charge on any atom is -0.482 e. The van der Waals surface area contributed by atoms with E-state index in [1.807, 2.05) is 6.92 Å². The normalized spacial score (nSPS) is 19.2. The van der Waals surface area contributed by atoms with E-state index in [9.17, 15) is 4.39 Å². The number of halogens is 1. The van der Waals surface area contributed by atoms with Crippen molar-refractivity contribution in [3.05, 3.63) is 30.1 Å². The van der Waals surface area contributed by atoms with Crippen molar-refractivity contribution in [1.82, 2.24) is 5.32 Å². The number of hydrogen-bond donors (Lipinski definition) is 1. The zero-order valence-electron chi connectivity index (χ0n) is 7.51. The third-order valence-electron chi connectivity index (χ3n) is 2.19. The number of hydrogen-bond acceptors (Lipinski definition) is 2. The van der Waals surface area contributed by atoms with Crippen LogP contribution in [0.25, 0.3) is 0 Å². The van der Waals surface area contributed by atoms with E-state index >= 15 is 0 Å². The highest BCUT2D eigenvalue weighted by Gasteiger charge is 2.34. The molecule has 3 heteroatoms. The average molecular weight is 181 g/mol. The summed E-state index contributed by atoms with van der Waals surface area (Å²) in [5.74, 6) is 0.0436. The van der Waals surface area contributed by atoms with E-state index in [4.69, 9.17) is 4.74 Å². The van der Waals surface area contributed by atoms with E-state index in [-0.39, 0.29) is 11.4 Å². The van der Waals surface area contributed by atoms with Gasteiger partial charge < -0.3 is 10.1 Å². The van der Waals surface area contributed by atoms with Crippen LogP contribution in [0.2, 0.25) is 0 Å². The van der Waals surface area contributed by atoms with E-state index < -0.39 is 0 Å². The average Bonchev–Trinajstić information content (AvgIpc) is 2.06. The molecule has 70 valence electrons. The molecule has 2 nitrogen and oxygen atoms in total. The van der Waals surface area contributed by atoms with E-state index in [1.54, 1.807) is 18.2 Å². The first-order valence-corrected chi connectivity index (χ1v) is 4.34. The smallest absolute Gasteiger partial charge is 0.165 e. The Kier molecular flexibility index (Phi) is 1.96. The van der Waals surface area contributed by atoms with Gasteiger partial charge in [0.05, 0.1) is 0 Å². The van der Waals surface area contributed by atoms with Crippen molar-refractivity contribution in [2.75, 3.05) is 13.1 Å². The van der Waals surface area contributed by atoms with Crippen LogP contribution >= 0.6 is 0 Å². The van der Waals surface area contributed by atoms with E-state index in [1.165, 1.54) is 6.07 Å². The van der Waals surface area contributed by atoms with Crippen molar-refractivity contribution in [2.45, 2.75) is 12.5 Å². The summed E-state index contributed by atoms with van der Waals surface area (Å²) in [7, 11) is 0. The molecule has 1 saturated heterocycles. The zero-order valence-corrected chi connectivity index (χ0v) is 7.51. The van der Waals surface area contributed by atoms with Gasteiger partial charge in [0.15, 0.2) is 11.6 Å². The molecule has 1 heterocycles. The van der Waals surface area contributed by atoms with E-state index in [0.29, 0.717) is 5.75 Å². The fraction of sp³-hybridized carbons (Fsp3) is 0.400. The topological polar surface area (TPSA) is 21.3 Å². The molecule has 0 unspecified atom stereocenters. The first kappa shape index (κ1) is 8.51. The maximum atomic E-state index is 13.1. The Balaban J connectivity index is 2.13. The van der Waals surface area contributed by atoms with Crippen LogP contribution in [0.4, 0.5) is 4.39 Å². The lowest BCUT2D eigenvalue weighted by atomic mass is 10.00. The molecule has 1 aliphatic heterocycles. The minimum absolute atomic E-state index is 0.234. The molecule has 0 atom stereocenters. The molecule has 0 bridgehead atoms. The fourth-order valence-electron chi connectivity index (χ4n) is 1.34. The van der Waals surface area contributed by atoms with E-state index in [0.717, 1.165) is 13.1 Å². The lowest BCUT2D eigenvalue weighted by molar-refractivity contribution is 0.0312.